The van der Waals surface area contributed by atoms with Crippen molar-refractivity contribution in [3.8, 4) is 5.88 Å². The summed E-state index contributed by atoms with van der Waals surface area (Å²) in [6.07, 6.45) is 3.80. The molecule has 0 radical (unpaired) electrons. The second kappa shape index (κ2) is 3.09. The van der Waals surface area contributed by atoms with Crippen molar-refractivity contribution in [2.24, 2.45) is 0 Å². The van der Waals surface area contributed by atoms with Crippen molar-refractivity contribution in [2.45, 2.75) is 20.0 Å². The molecule has 3 heteroatoms. The van der Waals surface area contributed by atoms with Crippen molar-refractivity contribution in [2.75, 3.05) is 0 Å². The monoisotopic (exact) mass is 176 g/mol. The molecule has 2 aromatic rings. The summed E-state index contributed by atoms with van der Waals surface area (Å²) in [7, 11) is 0. The predicted octanol–water partition coefficient (Wildman–Crippen LogP) is 2.35. The Balaban J connectivity index is 2.48. The van der Waals surface area contributed by atoms with Crippen molar-refractivity contribution < 1.29 is 4.74 Å². The molecular weight excluding hydrogens is 164 g/mol. The molecule has 2 rings (SSSR count). The zero-order valence-corrected chi connectivity index (χ0v) is 7.74. The molecule has 0 bridgehead atoms. The van der Waals surface area contributed by atoms with Gasteiger partial charge in [0, 0.05) is 17.8 Å². The van der Waals surface area contributed by atoms with Crippen molar-refractivity contribution in [3.05, 3.63) is 24.5 Å². The van der Waals surface area contributed by atoms with Crippen LogP contribution >= 0.6 is 0 Å². The van der Waals surface area contributed by atoms with Crippen molar-refractivity contribution in [3.63, 3.8) is 0 Å². The molecule has 13 heavy (non-hydrogen) atoms. The van der Waals surface area contributed by atoms with Gasteiger partial charge in [0.1, 0.15) is 5.52 Å². The molecule has 0 aliphatic heterocycles. The number of aromatic amines is 1. The molecule has 0 saturated carbocycles. The summed E-state index contributed by atoms with van der Waals surface area (Å²) in [6, 6.07) is 3.96. The molecule has 0 aliphatic carbocycles. The summed E-state index contributed by atoms with van der Waals surface area (Å²) in [5.41, 5.74) is 0.969. The van der Waals surface area contributed by atoms with Gasteiger partial charge in [0.05, 0.1) is 6.10 Å². The van der Waals surface area contributed by atoms with Crippen molar-refractivity contribution >= 4 is 10.9 Å². The van der Waals surface area contributed by atoms with Crippen LogP contribution < -0.4 is 4.74 Å². The van der Waals surface area contributed by atoms with Crippen LogP contribution in [0.3, 0.4) is 0 Å². The summed E-state index contributed by atoms with van der Waals surface area (Å²) >= 11 is 0. The number of nitrogens with one attached hydrogen (secondary N) is 1. The van der Waals surface area contributed by atoms with E-state index in [-0.39, 0.29) is 6.10 Å². The van der Waals surface area contributed by atoms with Crippen LogP contribution in [0, 0.1) is 0 Å². The second-order valence-corrected chi connectivity index (χ2v) is 3.22. The molecule has 0 amide bonds. The topological polar surface area (TPSA) is 37.9 Å². The summed E-state index contributed by atoms with van der Waals surface area (Å²) in [4.78, 5) is 7.27. The maximum Gasteiger partial charge on any atom is 0.238 e. The molecule has 0 aliphatic rings. The fourth-order valence-corrected chi connectivity index (χ4v) is 1.27. The highest BCUT2D eigenvalue weighted by atomic mass is 16.5. The van der Waals surface area contributed by atoms with Gasteiger partial charge in [-0.1, -0.05) is 0 Å². The predicted molar refractivity (Wildman–Crippen MR) is 51.9 cm³/mol. The molecule has 0 atom stereocenters. The van der Waals surface area contributed by atoms with Gasteiger partial charge in [0.15, 0.2) is 0 Å². The largest absolute Gasteiger partial charge is 0.473 e. The highest BCUT2D eigenvalue weighted by Gasteiger charge is 2.05. The molecule has 2 aromatic heterocycles. The minimum absolute atomic E-state index is 0.154. The van der Waals surface area contributed by atoms with Gasteiger partial charge in [-0.2, -0.15) is 0 Å². The Bertz CT molecular complexity index is 406. The van der Waals surface area contributed by atoms with E-state index in [9.17, 15) is 0 Å². The average Bonchev–Trinajstić information content (AvgIpc) is 2.51. The first-order valence-electron chi connectivity index (χ1n) is 4.36. The zero-order valence-electron chi connectivity index (χ0n) is 7.74. The van der Waals surface area contributed by atoms with E-state index in [0.717, 1.165) is 10.9 Å². The van der Waals surface area contributed by atoms with Gasteiger partial charge in [-0.15, -0.1) is 0 Å². The fraction of sp³-hybridized carbons (Fsp3) is 0.300. The van der Waals surface area contributed by atoms with Crippen LogP contribution in [0.1, 0.15) is 13.8 Å². The number of rotatable bonds is 2. The zero-order chi connectivity index (χ0) is 9.26. The molecule has 0 unspecified atom stereocenters. The number of hydrogen-bond donors (Lipinski definition) is 1. The van der Waals surface area contributed by atoms with Gasteiger partial charge in [-0.3, -0.25) is 0 Å². The minimum Gasteiger partial charge on any atom is -0.473 e. The summed E-state index contributed by atoms with van der Waals surface area (Å²) in [5, 5.41) is 1.13. The third-order valence-electron chi connectivity index (χ3n) is 1.79. The molecule has 68 valence electrons. The van der Waals surface area contributed by atoms with E-state index in [1.165, 1.54) is 0 Å². The number of pyridine rings is 1. The number of aromatic nitrogens is 2. The van der Waals surface area contributed by atoms with E-state index in [1.807, 2.05) is 32.2 Å². The first-order chi connectivity index (χ1) is 6.27. The highest BCUT2D eigenvalue weighted by molar-refractivity contribution is 5.83. The Labute approximate surface area is 76.8 Å². The van der Waals surface area contributed by atoms with E-state index in [1.54, 1.807) is 6.20 Å². The first-order valence-corrected chi connectivity index (χ1v) is 4.36. The lowest BCUT2D eigenvalue weighted by atomic mass is 10.3. The number of H-pyrrole nitrogens is 1. The molecule has 0 fully saturated rings. The SMILES string of the molecule is CC(C)Oc1nccc2cc[nH]c12. The quantitative estimate of drug-likeness (QED) is 0.762. The average molecular weight is 176 g/mol. The molecule has 2 heterocycles. The van der Waals surface area contributed by atoms with E-state index in [0.29, 0.717) is 5.88 Å². The molecule has 0 aromatic carbocycles. The van der Waals surface area contributed by atoms with E-state index in [4.69, 9.17) is 4.74 Å². The lowest BCUT2D eigenvalue weighted by molar-refractivity contribution is 0.235. The fourth-order valence-electron chi connectivity index (χ4n) is 1.27. The van der Waals surface area contributed by atoms with E-state index < -0.39 is 0 Å². The molecule has 0 saturated heterocycles. The minimum atomic E-state index is 0.154. The van der Waals surface area contributed by atoms with E-state index >= 15 is 0 Å². The number of ether oxygens (including phenoxy) is 1. The van der Waals surface area contributed by atoms with Gasteiger partial charge in [0.25, 0.3) is 0 Å². The standard InChI is InChI=1S/C10H12N2O/c1-7(2)13-10-9-8(3-5-11-9)4-6-12-10/h3-7,11H,1-2H3. The molecular formula is C10H12N2O. The maximum absolute atomic E-state index is 5.54. The summed E-state index contributed by atoms with van der Waals surface area (Å²) in [6.45, 7) is 3.98. The van der Waals surface area contributed by atoms with Gasteiger partial charge < -0.3 is 9.72 Å². The van der Waals surface area contributed by atoms with Gasteiger partial charge in [-0.05, 0) is 26.0 Å². The van der Waals surface area contributed by atoms with Crippen LogP contribution in [0.2, 0.25) is 0 Å². The Morgan fingerprint density at radius 3 is 3.00 bits per heavy atom. The van der Waals surface area contributed by atoms with Crippen LogP contribution in [0.4, 0.5) is 0 Å². The Morgan fingerprint density at radius 1 is 1.38 bits per heavy atom. The smallest absolute Gasteiger partial charge is 0.238 e. The highest BCUT2D eigenvalue weighted by Crippen LogP contribution is 2.21. The molecule has 0 spiro atoms. The number of hydrogen-bond acceptors (Lipinski definition) is 2. The van der Waals surface area contributed by atoms with Crippen LogP contribution in [-0.4, -0.2) is 16.1 Å². The van der Waals surface area contributed by atoms with Crippen LogP contribution in [0.25, 0.3) is 10.9 Å². The third kappa shape index (κ3) is 1.49. The normalized spacial score (nSPS) is 11.0. The summed E-state index contributed by atoms with van der Waals surface area (Å²) < 4.78 is 5.54. The van der Waals surface area contributed by atoms with Crippen molar-refractivity contribution in [1.82, 2.24) is 9.97 Å². The Morgan fingerprint density at radius 2 is 2.23 bits per heavy atom. The lowest BCUT2D eigenvalue weighted by Crippen LogP contribution is -2.07. The Kier molecular flexibility index (Phi) is 1.93. The first kappa shape index (κ1) is 8.10. The van der Waals surface area contributed by atoms with Crippen LogP contribution in [-0.2, 0) is 0 Å². The Hall–Kier alpha value is -1.51. The number of fused-ring (bicyclic) bond motifs is 1. The van der Waals surface area contributed by atoms with Gasteiger partial charge in [-0.25, -0.2) is 4.98 Å². The molecule has 3 nitrogen and oxygen atoms in total. The maximum atomic E-state index is 5.54. The van der Waals surface area contributed by atoms with Gasteiger partial charge >= 0.3 is 0 Å². The second-order valence-electron chi connectivity index (χ2n) is 3.22. The van der Waals surface area contributed by atoms with Gasteiger partial charge in [0.2, 0.25) is 5.88 Å². The third-order valence-corrected chi connectivity index (χ3v) is 1.79. The number of nitrogens with zero attached hydrogens (tertiary/aromatic N) is 1. The molecule has 1 N–H and O–H groups in total. The van der Waals surface area contributed by atoms with Crippen LogP contribution in [0.15, 0.2) is 24.5 Å². The van der Waals surface area contributed by atoms with Crippen LogP contribution in [0.5, 0.6) is 5.88 Å². The summed E-state index contributed by atoms with van der Waals surface area (Å²) in [5.74, 6) is 0.678. The van der Waals surface area contributed by atoms with Crippen molar-refractivity contribution in [1.29, 1.82) is 0 Å². The van der Waals surface area contributed by atoms with E-state index in [2.05, 4.69) is 9.97 Å². The lowest BCUT2D eigenvalue weighted by Gasteiger charge is -2.08.